The second kappa shape index (κ2) is 8.42. The van der Waals surface area contributed by atoms with Gasteiger partial charge in [0.1, 0.15) is 11.3 Å². The van der Waals surface area contributed by atoms with Crippen LogP contribution in [-0.2, 0) is 13.1 Å². The molecule has 2 aromatic heterocycles. The van der Waals surface area contributed by atoms with Crippen molar-refractivity contribution in [3.63, 3.8) is 0 Å². The summed E-state index contributed by atoms with van der Waals surface area (Å²) in [6.45, 7) is 8.24. The molecule has 1 aliphatic rings. The van der Waals surface area contributed by atoms with E-state index in [1.807, 2.05) is 18.5 Å². The lowest BCUT2D eigenvalue weighted by Gasteiger charge is -2.34. The minimum Gasteiger partial charge on any atom is -0.460 e. The van der Waals surface area contributed by atoms with Gasteiger partial charge in [0.25, 0.3) is 0 Å². The Balaban J connectivity index is 1.22. The van der Waals surface area contributed by atoms with Gasteiger partial charge in [0.2, 0.25) is 0 Å². The van der Waals surface area contributed by atoms with E-state index in [9.17, 15) is 0 Å². The quantitative estimate of drug-likeness (QED) is 0.468. The molecule has 0 spiro atoms. The van der Waals surface area contributed by atoms with Crippen LogP contribution in [-0.4, -0.2) is 41.0 Å². The summed E-state index contributed by atoms with van der Waals surface area (Å²) in [4.78, 5) is 9.21. The molecule has 5 rings (SSSR count). The van der Waals surface area contributed by atoms with Gasteiger partial charge >= 0.3 is 0 Å². The normalized spacial score (nSPS) is 15.6. The van der Waals surface area contributed by atoms with Crippen molar-refractivity contribution in [3.8, 4) is 11.1 Å². The third-order valence-electron chi connectivity index (χ3n) is 5.93. The van der Waals surface area contributed by atoms with Gasteiger partial charge < -0.3 is 4.42 Å². The summed E-state index contributed by atoms with van der Waals surface area (Å²) < 4.78 is 6.14. The summed E-state index contributed by atoms with van der Waals surface area (Å²) in [5.74, 6) is 1.05. The molecule has 0 radical (unpaired) electrons. The number of aromatic nitrogens is 1. The predicted octanol–water partition coefficient (Wildman–Crippen LogP) is 5.12. The zero-order valence-electron chi connectivity index (χ0n) is 17.4. The number of aryl methyl sites for hydroxylation is 1. The van der Waals surface area contributed by atoms with Crippen LogP contribution in [0.15, 0.2) is 77.5 Å². The number of nitrogens with zero attached hydrogens (tertiary/aromatic N) is 3. The number of fused-ring (bicyclic) bond motifs is 1. The molecule has 3 heterocycles. The van der Waals surface area contributed by atoms with E-state index in [2.05, 4.69) is 76.3 Å². The first-order valence-electron chi connectivity index (χ1n) is 10.7. The minimum absolute atomic E-state index is 0.870. The van der Waals surface area contributed by atoms with Crippen LogP contribution >= 0.6 is 0 Å². The smallest absolute Gasteiger partial charge is 0.134 e. The van der Waals surface area contributed by atoms with Crippen LogP contribution in [0.2, 0.25) is 0 Å². The maximum atomic E-state index is 6.14. The molecule has 0 bridgehead atoms. The Kier molecular flexibility index (Phi) is 5.35. The molecule has 4 nitrogen and oxygen atoms in total. The molecule has 0 atom stereocenters. The SMILES string of the molecule is Cc1ccc(-c2ccc3oc(CN4CCN(Cc5cccnc5)CC4)cc3c2)cc1. The van der Waals surface area contributed by atoms with E-state index in [4.69, 9.17) is 4.42 Å². The molecule has 0 unspecified atom stereocenters. The number of piperazine rings is 1. The van der Waals surface area contributed by atoms with Crippen LogP contribution in [0.4, 0.5) is 0 Å². The second-order valence-electron chi connectivity index (χ2n) is 8.24. The molecule has 152 valence electrons. The highest BCUT2D eigenvalue weighted by atomic mass is 16.3. The molecule has 1 saturated heterocycles. The monoisotopic (exact) mass is 397 g/mol. The number of hydrogen-bond donors (Lipinski definition) is 0. The van der Waals surface area contributed by atoms with Gasteiger partial charge in [-0.3, -0.25) is 14.8 Å². The first kappa shape index (κ1) is 19.0. The van der Waals surface area contributed by atoms with E-state index >= 15 is 0 Å². The zero-order valence-corrected chi connectivity index (χ0v) is 17.4. The van der Waals surface area contributed by atoms with Crippen molar-refractivity contribution >= 4 is 11.0 Å². The molecule has 1 fully saturated rings. The van der Waals surface area contributed by atoms with Crippen molar-refractivity contribution < 1.29 is 4.42 Å². The Hall–Kier alpha value is -2.95. The van der Waals surface area contributed by atoms with Gasteiger partial charge in [-0.25, -0.2) is 0 Å². The van der Waals surface area contributed by atoms with Crippen LogP contribution in [0, 0.1) is 6.92 Å². The van der Waals surface area contributed by atoms with Gasteiger partial charge in [-0.15, -0.1) is 0 Å². The largest absolute Gasteiger partial charge is 0.460 e. The lowest BCUT2D eigenvalue weighted by molar-refractivity contribution is 0.116. The Morgan fingerprint density at radius 3 is 2.30 bits per heavy atom. The summed E-state index contributed by atoms with van der Waals surface area (Å²) in [5.41, 5.74) is 6.02. The molecular formula is C26H27N3O. The number of rotatable bonds is 5. The van der Waals surface area contributed by atoms with Gasteiger partial charge in [-0.2, -0.15) is 0 Å². The highest BCUT2D eigenvalue weighted by Crippen LogP contribution is 2.27. The van der Waals surface area contributed by atoms with Crippen molar-refractivity contribution in [2.75, 3.05) is 26.2 Å². The third-order valence-corrected chi connectivity index (χ3v) is 5.93. The third kappa shape index (κ3) is 4.30. The van der Waals surface area contributed by atoms with E-state index < -0.39 is 0 Å². The molecule has 4 aromatic rings. The van der Waals surface area contributed by atoms with Crippen molar-refractivity contribution in [3.05, 3.63) is 89.9 Å². The predicted molar refractivity (Wildman–Crippen MR) is 121 cm³/mol. The van der Waals surface area contributed by atoms with Gasteiger partial charge in [0.05, 0.1) is 6.54 Å². The molecule has 1 aliphatic heterocycles. The highest BCUT2D eigenvalue weighted by molar-refractivity contribution is 5.84. The summed E-state index contributed by atoms with van der Waals surface area (Å²) >= 11 is 0. The Morgan fingerprint density at radius 2 is 1.57 bits per heavy atom. The van der Waals surface area contributed by atoms with Crippen LogP contribution in [0.25, 0.3) is 22.1 Å². The van der Waals surface area contributed by atoms with Gasteiger partial charge in [0, 0.05) is 50.5 Å². The number of furan rings is 1. The average Bonchev–Trinajstić information content (AvgIpc) is 3.18. The van der Waals surface area contributed by atoms with E-state index in [1.165, 1.54) is 27.6 Å². The Morgan fingerprint density at radius 1 is 0.833 bits per heavy atom. The van der Waals surface area contributed by atoms with Crippen LogP contribution < -0.4 is 0 Å². The van der Waals surface area contributed by atoms with Crippen molar-refractivity contribution in [1.29, 1.82) is 0 Å². The molecule has 4 heteroatoms. The van der Waals surface area contributed by atoms with Crippen molar-refractivity contribution in [2.45, 2.75) is 20.0 Å². The van der Waals surface area contributed by atoms with E-state index in [0.717, 1.165) is 50.6 Å². The fraction of sp³-hybridized carbons (Fsp3) is 0.269. The fourth-order valence-electron chi connectivity index (χ4n) is 4.18. The molecule has 0 amide bonds. The zero-order chi connectivity index (χ0) is 20.3. The van der Waals surface area contributed by atoms with Crippen molar-refractivity contribution in [2.24, 2.45) is 0 Å². The summed E-state index contributed by atoms with van der Waals surface area (Å²) in [5, 5.41) is 1.18. The van der Waals surface area contributed by atoms with Gasteiger partial charge in [0.15, 0.2) is 0 Å². The first-order valence-corrected chi connectivity index (χ1v) is 10.7. The molecule has 0 aliphatic carbocycles. The lowest BCUT2D eigenvalue weighted by atomic mass is 10.0. The first-order chi connectivity index (χ1) is 14.7. The van der Waals surface area contributed by atoms with Crippen LogP contribution in [0.1, 0.15) is 16.9 Å². The molecular weight excluding hydrogens is 370 g/mol. The molecule has 0 N–H and O–H groups in total. The summed E-state index contributed by atoms with van der Waals surface area (Å²) in [6, 6.07) is 21.5. The van der Waals surface area contributed by atoms with Crippen molar-refractivity contribution in [1.82, 2.24) is 14.8 Å². The maximum Gasteiger partial charge on any atom is 0.134 e. The number of benzene rings is 2. The highest BCUT2D eigenvalue weighted by Gasteiger charge is 2.18. The van der Waals surface area contributed by atoms with Crippen LogP contribution in [0.3, 0.4) is 0 Å². The van der Waals surface area contributed by atoms with E-state index in [0.29, 0.717) is 0 Å². The lowest BCUT2D eigenvalue weighted by Crippen LogP contribution is -2.45. The molecule has 30 heavy (non-hydrogen) atoms. The number of hydrogen-bond acceptors (Lipinski definition) is 4. The molecule has 2 aromatic carbocycles. The minimum atomic E-state index is 0.870. The Bertz CT molecular complexity index is 1110. The van der Waals surface area contributed by atoms with E-state index in [1.54, 1.807) is 0 Å². The summed E-state index contributed by atoms with van der Waals surface area (Å²) in [6.07, 6.45) is 3.80. The summed E-state index contributed by atoms with van der Waals surface area (Å²) in [7, 11) is 0. The molecule has 0 saturated carbocycles. The Labute approximate surface area is 177 Å². The number of pyridine rings is 1. The fourth-order valence-corrected chi connectivity index (χ4v) is 4.18. The second-order valence-corrected chi connectivity index (χ2v) is 8.24. The maximum absolute atomic E-state index is 6.14. The average molecular weight is 398 g/mol. The van der Waals surface area contributed by atoms with Gasteiger partial charge in [-0.05, 0) is 47.9 Å². The standard InChI is InChI=1S/C26H27N3O/c1-20-4-6-22(7-5-20)23-8-9-26-24(15-23)16-25(30-26)19-29-13-11-28(12-14-29)18-21-3-2-10-27-17-21/h2-10,15-17H,11-14,18-19H2,1H3. The topological polar surface area (TPSA) is 32.5 Å². The van der Waals surface area contributed by atoms with Gasteiger partial charge in [-0.1, -0.05) is 42.0 Å². The van der Waals surface area contributed by atoms with E-state index in [-0.39, 0.29) is 0 Å². The van der Waals surface area contributed by atoms with Crippen LogP contribution in [0.5, 0.6) is 0 Å².